The second-order valence-electron chi connectivity index (χ2n) is 8.68. The van der Waals surface area contributed by atoms with Gasteiger partial charge < -0.3 is 5.32 Å². The average molecular weight is 659 g/mol. The monoisotopic (exact) mass is 657 g/mol. The lowest BCUT2D eigenvalue weighted by Crippen LogP contribution is -2.38. The summed E-state index contributed by atoms with van der Waals surface area (Å²) in [4.78, 5) is 12.6. The zero-order valence-electron chi connectivity index (χ0n) is 21.1. The Bertz CT molecular complexity index is 1820. The van der Waals surface area contributed by atoms with E-state index < -0.39 is 44.2 Å². The third-order valence-corrected chi connectivity index (χ3v) is 9.40. The van der Waals surface area contributed by atoms with Crippen molar-refractivity contribution in [3.63, 3.8) is 0 Å². The largest absolute Gasteiger partial charge is 0.416 e. The molecule has 0 radical (unpaired) electrons. The van der Waals surface area contributed by atoms with Gasteiger partial charge in [0, 0.05) is 16.4 Å². The van der Waals surface area contributed by atoms with Crippen molar-refractivity contribution >= 4 is 66.2 Å². The van der Waals surface area contributed by atoms with E-state index in [1.807, 2.05) is 0 Å². The van der Waals surface area contributed by atoms with Gasteiger partial charge in [0.15, 0.2) is 0 Å². The molecule has 0 saturated heterocycles. The number of rotatable bonds is 9. The molecule has 4 rings (SSSR count). The number of carbonyl (C=O) groups excluding carboxylic acids is 1. The first-order valence-electron chi connectivity index (χ1n) is 11.8. The molecule has 0 aromatic heterocycles. The fraction of sp³-hybridized carbons (Fsp3) is 0.0741. The first-order valence-corrected chi connectivity index (χ1v) is 15.5. The third kappa shape index (κ3) is 7.34. The van der Waals surface area contributed by atoms with E-state index >= 15 is 0 Å². The SMILES string of the molecule is O=C(CN(c1ccc(Cl)cc1Cl)S(=O)(=O)c1ccccc1)Nc1ccc(S(=O)(=O)Nc2cccc(C(F)(F)F)c2)cc1. The Hall–Kier alpha value is -3.78. The molecular formula is C27H20Cl2F3N3O5S2. The molecule has 0 aliphatic rings. The van der Waals surface area contributed by atoms with E-state index in [1.165, 1.54) is 60.7 Å². The van der Waals surface area contributed by atoms with Crippen LogP contribution in [-0.2, 0) is 31.0 Å². The molecule has 8 nitrogen and oxygen atoms in total. The number of halogens is 5. The van der Waals surface area contributed by atoms with Crippen LogP contribution in [0.2, 0.25) is 10.0 Å². The predicted molar refractivity (Wildman–Crippen MR) is 155 cm³/mol. The van der Waals surface area contributed by atoms with Gasteiger partial charge >= 0.3 is 6.18 Å². The number of sulfonamides is 2. The van der Waals surface area contributed by atoms with E-state index in [1.54, 1.807) is 6.07 Å². The average Bonchev–Trinajstić information content (AvgIpc) is 2.92. The number of amides is 1. The van der Waals surface area contributed by atoms with Gasteiger partial charge in [-0.25, -0.2) is 16.8 Å². The Labute approximate surface area is 249 Å². The standard InChI is InChI=1S/C27H20Cl2F3N3O5S2/c28-19-9-14-25(24(29)16-19)35(42(39,40)23-7-2-1-3-8-23)17-26(36)33-20-10-12-22(13-11-20)41(37,38)34-21-6-4-5-18(15-21)27(30,31)32/h1-16,34H,17H2,(H,33,36). The summed E-state index contributed by atoms with van der Waals surface area (Å²) in [6.45, 7) is -0.699. The second-order valence-corrected chi connectivity index (χ2v) is 13.1. The Kier molecular flexibility index (Phi) is 9.06. The topological polar surface area (TPSA) is 113 Å². The van der Waals surface area contributed by atoms with Crippen LogP contribution in [0.3, 0.4) is 0 Å². The molecule has 220 valence electrons. The highest BCUT2D eigenvalue weighted by Crippen LogP contribution is 2.33. The molecule has 1 amide bonds. The minimum absolute atomic E-state index is 0.00202. The number of nitrogens with zero attached hydrogens (tertiary/aromatic N) is 1. The van der Waals surface area contributed by atoms with Crippen LogP contribution >= 0.6 is 23.2 Å². The maximum Gasteiger partial charge on any atom is 0.416 e. The van der Waals surface area contributed by atoms with Crippen molar-refractivity contribution in [1.29, 1.82) is 0 Å². The Morgan fingerprint density at radius 3 is 2.05 bits per heavy atom. The molecule has 4 aromatic rings. The molecule has 0 fully saturated rings. The van der Waals surface area contributed by atoms with Gasteiger partial charge in [0.05, 0.1) is 26.1 Å². The molecule has 0 atom stereocenters. The molecule has 2 N–H and O–H groups in total. The fourth-order valence-corrected chi connectivity index (χ4v) is 6.80. The first kappa shape index (κ1) is 31.2. The van der Waals surface area contributed by atoms with Crippen molar-refractivity contribution in [2.75, 3.05) is 20.9 Å². The second kappa shape index (κ2) is 12.2. The lowest BCUT2D eigenvalue weighted by molar-refractivity contribution is -0.137. The lowest BCUT2D eigenvalue weighted by atomic mass is 10.2. The zero-order valence-corrected chi connectivity index (χ0v) is 24.3. The van der Waals surface area contributed by atoms with E-state index in [2.05, 4.69) is 10.0 Å². The minimum atomic E-state index is -4.66. The van der Waals surface area contributed by atoms with E-state index in [9.17, 15) is 34.8 Å². The van der Waals surface area contributed by atoms with Crippen LogP contribution < -0.4 is 14.3 Å². The maximum absolute atomic E-state index is 13.5. The molecule has 0 heterocycles. The van der Waals surface area contributed by atoms with Gasteiger partial charge in [-0.2, -0.15) is 13.2 Å². The highest BCUT2D eigenvalue weighted by molar-refractivity contribution is 7.93. The molecule has 15 heteroatoms. The van der Waals surface area contributed by atoms with Crippen molar-refractivity contribution < 1.29 is 34.8 Å². The van der Waals surface area contributed by atoms with Gasteiger partial charge in [-0.15, -0.1) is 0 Å². The smallest absolute Gasteiger partial charge is 0.325 e. The van der Waals surface area contributed by atoms with Gasteiger partial charge in [-0.05, 0) is 72.8 Å². The summed E-state index contributed by atoms with van der Waals surface area (Å²) in [6, 6.07) is 19.9. The van der Waals surface area contributed by atoms with Crippen molar-refractivity contribution in [3.8, 4) is 0 Å². The number of anilines is 3. The van der Waals surface area contributed by atoms with E-state index in [0.29, 0.717) is 6.07 Å². The van der Waals surface area contributed by atoms with Crippen LogP contribution in [0.5, 0.6) is 0 Å². The quantitative estimate of drug-likeness (QED) is 0.209. The van der Waals surface area contributed by atoms with Crippen molar-refractivity contribution in [1.82, 2.24) is 0 Å². The summed E-state index contributed by atoms with van der Waals surface area (Å²) in [6.07, 6.45) is -4.66. The summed E-state index contributed by atoms with van der Waals surface area (Å²) in [5.41, 5.74) is -1.19. The molecule has 42 heavy (non-hydrogen) atoms. The fourth-order valence-electron chi connectivity index (χ4n) is 3.72. The van der Waals surface area contributed by atoms with E-state index in [-0.39, 0.29) is 36.9 Å². The van der Waals surface area contributed by atoms with Crippen LogP contribution in [-0.4, -0.2) is 29.3 Å². The molecule has 0 unspecified atom stereocenters. The van der Waals surface area contributed by atoms with Crippen LogP contribution in [0.25, 0.3) is 0 Å². The predicted octanol–water partition coefficient (Wildman–Crippen LogP) is 6.65. The van der Waals surface area contributed by atoms with Crippen LogP contribution in [0, 0.1) is 0 Å². The van der Waals surface area contributed by atoms with Crippen molar-refractivity contribution in [2.45, 2.75) is 16.0 Å². The molecule has 0 bridgehead atoms. The molecule has 0 aliphatic heterocycles. The molecule has 0 aliphatic carbocycles. The van der Waals surface area contributed by atoms with Gasteiger partial charge in [-0.3, -0.25) is 13.8 Å². The van der Waals surface area contributed by atoms with E-state index in [0.717, 1.165) is 28.6 Å². The van der Waals surface area contributed by atoms with Crippen molar-refractivity contribution in [2.24, 2.45) is 0 Å². The lowest BCUT2D eigenvalue weighted by Gasteiger charge is -2.25. The number of hydrogen-bond acceptors (Lipinski definition) is 5. The number of carbonyl (C=O) groups is 1. The zero-order chi connectivity index (χ0) is 30.7. The Balaban J connectivity index is 1.53. The number of hydrogen-bond donors (Lipinski definition) is 2. The van der Waals surface area contributed by atoms with Gasteiger partial charge in [-0.1, -0.05) is 47.5 Å². The number of benzene rings is 4. The maximum atomic E-state index is 13.5. The van der Waals surface area contributed by atoms with Crippen molar-refractivity contribution in [3.05, 3.63) is 113 Å². The summed E-state index contributed by atoms with van der Waals surface area (Å²) < 4.78 is 94.2. The molecule has 4 aromatic carbocycles. The third-order valence-electron chi connectivity index (χ3n) is 5.69. The molecular weight excluding hydrogens is 638 g/mol. The minimum Gasteiger partial charge on any atom is -0.325 e. The van der Waals surface area contributed by atoms with Crippen LogP contribution in [0.4, 0.5) is 30.2 Å². The molecule has 0 spiro atoms. The summed E-state index contributed by atoms with van der Waals surface area (Å²) in [5, 5.41) is 2.73. The highest BCUT2D eigenvalue weighted by Gasteiger charge is 2.31. The summed E-state index contributed by atoms with van der Waals surface area (Å²) in [5.74, 6) is -0.779. The van der Waals surface area contributed by atoms with Gasteiger partial charge in [0.1, 0.15) is 6.54 Å². The summed E-state index contributed by atoms with van der Waals surface area (Å²) in [7, 11) is -8.54. The Morgan fingerprint density at radius 2 is 1.43 bits per heavy atom. The number of nitrogens with one attached hydrogen (secondary N) is 2. The Morgan fingerprint density at radius 1 is 0.762 bits per heavy atom. The van der Waals surface area contributed by atoms with Crippen LogP contribution in [0.15, 0.2) is 107 Å². The summed E-state index contributed by atoms with van der Waals surface area (Å²) >= 11 is 12.2. The molecule has 0 saturated carbocycles. The van der Waals surface area contributed by atoms with E-state index in [4.69, 9.17) is 23.2 Å². The normalized spacial score (nSPS) is 12.0. The first-order chi connectivity index (χ1) is 19.7. The van der Waals surface area contributed by atoms with Gasteiger partial charge in [0.25, 0.3) is 20.0 Å². The number of alkyl halides is 3. The van der Waals surface area contributed by atoms with Crippen LogP contribution in [0.1, 0.15) is 5.56 Å². The highest BCUT2D eigenvalue weighted by atomic mass is 35.5. The van der Waals surface area contributed by atoms with Gasteiger partial charge in [0.2, 0.25) is 5.91 Å².